The third-order valence-corrected chi connectivity index (χ3v) is 7.60. The third kappa shape index (κ3) is 4.02. The summed E-state index contributed by atoms with van der Waals surface area (Å²) in [4.78, 5) is 25.9. The molecule has 3 heterocycles. The van der Waals surface area contributed by atoms with Crippen LogP contribution in [0.15, 0.2) is 35.8 Å². The van der Waals surface area contributed by atoms with Crippen LogP contribution >= 0.6 is 11.3 Å². The lowest BCUT2D eigenvalue weighted by molar-refractivity contribution is 0.0754. The van der Waals surface area contributed by atoms with Crippen LogP contribution in [0.25, 0.3) is 4.96 Å². The fourth-order valence-electron chi connectivity index (χ4n) is 5.09. The number of fused-ring (bicyclic) bond motifs is 2. The van der Waals surface area contributed by atoms with E-state index in [-0.39, 0.29) is 5.91 Å². The van der Waals surface area contributed by atoms with Gasteiger partial charge in [0.15, 0.2) is 10.7 Å². The van der Waals surface area contributed by atoms with E-state index in [1.807, 2.05) is 4.90 Å². The quantitative estimate of drug-likeness (QED) is 0.625. The van der Waals surface area contributed by atoms with Crippen molar-refractivity contribution in [3.05, 3.63) is 58.4 Å². The molecule has 1 unspecified atom stereocenters. The molecule has 0 saturated carbocycles. The van der Waals surface area contributed by atoms with Gasteiger partial charge in [-0.3, -0.25) is 14.1 Å². The predicted molar refractivity (Wildman–Crippen MR) is 125 cm³/mol. The lowest BCUT2D eigenvalue weighted by Gasteiger charge is -2.33. The highest BCUT2D eigenvalue weighted by molar-refractivity contribution is 7.15. The summed E-state index contributed by atoms with van der Waals surface area (Å²) >= 11 is 1.60. The molecule has 164 valence electrons. The molecule has 1 atom stereocenters. The first kappa shape index (κ1) is 20.7. The Morgan fingerprint density at radius 3 is 2.97 bits per heavy atom. The minimum Gasteiger partial charge on any atom is -0.336 e. The molecule has 1 aromatic carbocycles. The number of likely N-dealkylation sites (N-methyl/N-ethyl adjacent to an activating group) is 1. The molecule has 7 heteroatoms. The van der Waals surface area contributed by atoms with Crippen molar-refractivity contribution in [2.75, 3.05) is 40.3 Å². The van der Waals surface area contributed by atoms with Gasteiger partial charge in [0.25, 0.3) is 5.91 Å². The first-order chi connectivity index (χ1) is 15.1. The van der Waals surface area contributed by atoms with Crippen molar-refractivity contribution >= 4 is 22.2 Å². The van der Waals surface area contributed by atoms with Crippen molar-refractivity contribution in [1.82, 2.24) is 24.1 Å². The maximum absolute atomic E-state index is 13.5. The lowest BCUT2D eigenvalue weighted by atomic mass is 9.87. The van der Waals surface area contributed by atoms with E-state index < -0.39 is 0 Å². The molecule has 1 saturated heterocycles. The minimum absolute atomic E-state index is 0.0821. The Labute approximate surface area is 188 Å². The Morgan fingerprint density at radius 2 is 2.06 bits per heavy atom. The number of imidazole rings is 1. The Balaban J connectivity index is 1.44. The number of aryl methyl sites for hydroxylation is 1. The first-order valence-corrected chi connectivity index (χ1v) is 12.2. The number of benzene rings is 1. The molecule has 3 aromatic rings. The van der Waals surface area contributed by atoms with Crippen LogP contribution in [0.2, 0.25) is 0 Å². The zero-order valence-electron chi connectivity index (χ0n) is 18.5. The predicted octanol–water partition coefficient (Wildman–Crippen LogP) is 3.68. The second-order valence-corrected chi connectivity index (χ2v) is 9.81. The lowest BCUT2D eigenvalue weighted by Crippen LogP contribution is -2.36. The SMILES string of the molecule is CN1CCCN(C(=O)c2nc3sccn3c2CN(C)C2CCCc3ccccc32)CC1. The number of rotatable bonds is 4. The average molecular weight is 438 g/mol. The van der Waals surface area contributed by atoms with E-state index >= 15 is 0 Å². The fourth-order valence-corrected chi connectivity index (χ4v) is 5.82. The Morgan fingerprint density at radius 1 is 1.19 bits per heavy atom. The highest BCUT2D eigenvalue weighted by Gasteiger charge is 2.29. The molecule has 1 fully saturated rings. The molecule has 2 aliphatic rings. The summed E-state index contributed by atoms with van der Waals surface area (Å²) in [6.45, 7) is 4.25. The zero-order valence-corrected chi connectivity index (χ0v) is 19.3. The van der Waals surface area contributed by atoms with Crippen molar-refractivity contribution in [2.24, 2.45) is 0 Å². The van der Waals surface area contributed by atoms with Crippen LogP contribution in [0, 0.1) is 0 Å². The summed E-state index contributed by atoms with van der Waals surface area (Å²) in [7, 11) is 4.32. The molecule has 2 aromatic heterocycles. The van der Waals surface area contributed by atoms with Crippen LogP contribution < -0.4 is 0 Å². The number of amides is 1. The standard InChI is InChI=1S/C24H31N5OS/c1-26-11-6-12-28(14-13-26)23(30)22-21(29-15-16-31-24(29)25-22)17-27(2)20-10-5-8-18-7-3-4-9-19(18)20/h3-4,7,9,15-16,20H,5-6,8,10-14,17H2,1-2H3. The van der Waals surface area contributed by atoms with E-state index in [4.69, 9.17) is 4.98 Å². The van der Waals surface area contributed by atoms with Crippen molar-refractivity contribution in [3.63, 3.8) is 0 Å². The Hall–Kier alpha value is -2.22. The molecule has 1 aliphatic carbocycles. The van der Waals surface area contributed by atoms with Gasteiger partial charge in [0.2, 0.25) is 0 Å². The number of carbonyl (C=O) groups is 1. The number of nitrogens with zero attached hydrogens (tertiary/aromatic N) is 5. The molecule has 1 amide bonds. The smallest absolute Gasteiger partial charge is 0.274 e. The summed E-state index contributed by atoms with van der Waals surface area (Å²) in [5.41, 5.74) is 4.55. The van der Waals surface area contributed by atoms with Gasteiger partial charge in [0.1, 0.15) is 0 Å². The van der Waals surface area contributed by atoms with Gasteiger partial charge in [-0.1, -0.05) is 24.3 Å². The maximum Gasteiger partial charge on any atom is 0.274 e. The molecule has 0 radical (unpaired) electrons. The van der Waals surface area contributed by atoms with Crippen molar-refractivity contribution in [3.8, 4) is 0 Å². The number of hydrogen-bond donors (Lipinski definition) is 0. The third-order valence-electron chi connectivity index (χ3n) is 6.84. The van der Waals surface area contributed by atoms with Crippen LogP contribution in [0.3, 0.4) is 0 Å². The van der Waals surface area contributed by atoms with E-state index in [2.05, 4.69) is 64.1 Å². The molecular formula is C24H31N5OS. The van der Waals surface area contributed by atoms with Gasteiger partial charge in [-0.15, -0.1) is 11.3 Å². The average Bonchev–Trinajstić information content (AvgIpc) is 3.30. The van der Waals surface area contributed by atoms with Crippen LogP contribution in [0.4, 0.5) is 0 Å². The molecule has 6 nitrogen and oxygen atoms in total. The van der Waals surface area contributed by atoms with Crippen LogP contribution in [0.5, 0.6) is 0 Å². The van der Waals surface area contributed by atoms with E-state index in [9.17, 15) is 4.79 Å². The van der Waals surface area contributed by atoms with Gasteiger partial charge in [-0.2, -0.15) is 0 Å². The van der Waals surface area contributed by atoms with Crippen molar-refractivity contribution in [2.45, 2.75) is 38.3 Å². The zero-order chi connectivity index (χ0) is 21.4. The summed E-state index contributed by atoms with van der Waals surface area (Å²) in [6.07, 6.45) is 6.59. The van der Waals surface area contributed by atoms with E-state index in [1.165, 1.54) is 17.5 Å². The molecule has 0 spiro atoms. The molecule has 1 aliphatic heterocycles. The second kappa shape index (κ2) is 8.73. The maximum atomic E-state index is 13.5. The van der Waals surface area contributed by atoms with Gasteiger partial charge in [-0.25, -0.2) is 4.98 Å². The largest absolute Gasteiger partial charge is 0.336 e. The molecule has 0 bridgehead atoms. The summed E-state index contributed by atoms with van der Waals surface area (Å²) < 4.78 is 2.12. The first-order valence-electron chi connectivity index (χ1n) is 11.3. The van der Waals surface area contributed by atoms with Gasteiger partial charge in [-0.05, 0) is 57.5 Å². The number of carbonyl (C=O) groups excluding carboxylic acids is 1. The summed E-state index contributed by atoms with van der Waals surface area (Å²) in [5, 5.41) is 2.05. The van der Waals surface area contributed by atoms with E-state index in [0.717, 1.165) is 56.1 Å². The van der Waals surface area contributed by atoms with Crippen LogP contribution in [0.1, 0.15) is 52.6 Å². The topological polar surface area (TPSA) is 44.1 Å². The van der Waals surface area contributed by atoms with Gasteiger partial charge in [0, 0.05) is 43.8 Å². The number of thiazole rings is 1. The number of aromatic nitrogens is 2. The number of hydrogen-bond acceptors (Lipinski definition) is 5. The van der Waals surface area contributed by atoms with Gasteiger partial charge in [0.05, 0.1) is 5.69 Å². The second-order valence-electron chi connectivity index (χ2n) is 8.93. The molecular weight excluding hydrogens is 406 g/mol. The van der Waals surface area contributed by atoms with Crippen LogP contribution in [-0.2, 0) is 13.0 Å². The normalized spacial score (nSPS) is 20.2. The Bertz CT molecular complexity index is 1070. The summed E-state index contributed by atoms with van der Waals surface area (Å²) in [6, 6.07) is 9.20. The van der Waals surface area contributed by atoms with Crippen molar-refractivity contribution in [1.29, 1.82) is 0 Å². The van der Waals surface area contributed by atoms with E-state index in [0.29, 0.717) is 18.3 Å². The van der Waals surface area contributed by atoms with Gasteiger partial charge < -0.3 is 9.80 Å². The highest BCUT2D eigenvalue weighted by atomic mass is 32.1. The molecule has 0 N–H and O–H groups in total. The highest BCUT2D eigenvalue weighted by Crippen LogP contribution is 2.34. The van der Waals surface area contributed by atoms with Crippen LogP contribution in [-0.4, -0.2) is 70.3 Å². The van der Waals surface area contributed by atoms with Crippen molar-refractivity contribution < 1.29 is 4.79 Å². The monoisotopic (exact) mass is 437 g/mol. The minimum atomic E-state index is 0.0821. The fraction of sp³-hybridized carbons (Fsp3) is 0.500. The molecule has 31 heavy (non-hydrogen) atoms. The Kier molecular flexibility index (Phi) is 5.82. The van der Waals surface area contributed by atoms with E-state index in [1.54, 1.807) is 11.3 Å². The summed E-state index contributed by atoms with van der Waals surface area (Å²) in [5.74, 6) is 0.0821. The molecule has 5 rings (SSSR count). The van der Waals surface area contributed by atoms with Gasteiger partial charge >= 0.3 is 0 Å².